The van der Waals surface area contributed by atoms with Crippen molar-refractivity contribution in [2.75, 3.05) is 14.2 Å². The summed E-state index contributed by atoms with van der Waals surface area (Å²) in [5.41, 5.74) is 2.64. The zero-order valence-corrected chi connectivity index (χ0v) is 14.0. The number of rotatable bonds is 5. The fourth-order valence-electron chi connectivity index (χ4n) is 2.34. The van der Waals surface area contributed by atoms with Crippen LogP contribution in [0.15, 0.2) is 35.7 Å². The Kier molecular flexibility index (Phi) is 4.28. The lowest BCUT2D eigenvalue weighted by atomic mass is 10.2. The van der Waals surface area contributed by atoms with Gasteiger partial charge in [0.15, 0.2) is 0 Å². The van der Waals surface area contributed by atoms with E-state index in [1.807, 2.05) is 38.1 Å². The van der Waals surface area contributed by atoms with Crippen LogP contribution < -0.4 is 9.47 Å². The van der Waals surface area contributed by atoms with Crippen molar-refractivity contribution in [2.45, 2.75) is 13.8 Å². The largest absolute Gasteiger partial charge is 0.497 e. The van der Waals surface area contributed by atoms with Gasteiger partial charge >= 0.3 is 0 Å². The van der Waals surface area contributed by atoms with Crippen LogP contribution >= 0.6 is 0 Å². The van der Waals surface area contributed by atoms with Gasteiger partial charge in [-0.1, -0.05) is 0 Å². The Morgan fingerprint density at radius 1 is 1.12 bits per heavy atom. The van der Waals surface area contributed by atoms with Gasteiger partial charge in [-0.15, -0.1) is 10.2 Å². The van der Waals surface area contributed by atoms with Gasteiger partial charge in [0.2, 0.25) is 0 Å². The summed E-state index contributed by atoms with van der Waals surface area (Å²) in [6, 6.07) is 7.47. The monoisotopic (exact) mass is 326 g/mol. The van der Waals surface area contributed by atoms with Crippen molar-refractivity contribution >= 4 is 6.21 Å². The second-order valence-electron chi connectivity index (χ2n) is 5.17. The minimum atomic E-state index is 0.513. The molecule has 0 fully saturated rings. The maximum Gasteiger partial charge on any atom is 0.273 e. The molecule has 8 heteroatoms. The number of nitrogens with zero attached hydrogens (tertiary/aromatic N) is 6. The lowest BCUT2D eigenvalue weighted by molar-refractivity contribution is 0.402. The van der Waals surface area contributed by atoms with Crippen molar-refractivity contribution in [3.63, 3.8) is 0 Å². The van der Waals surface area contributed by atoms with Crippen molar-refractivity contribution in [1.82, 2.24) is 24.7 Å². The SMILES string of the molecule is COc1ccc(OC)c(C=Nn2cnnc2-n2nc(C)cc2C)c1. The van der Waals surface area contributed by atoms with Gasteiger partial charge in [-0.2, -0.15) is 14.9 Å². The van der Waals surface area contributed by atoms with E-state index in [0.29, 0.717) is 11.7 Å². The fraction of sp³-hybridized carbons (Fsp3) is 0.250. The van der Waals surface area contributed by atoms with E-state index in [1.54, 1.807) is 29.8 Å². The molecule has 0 spiro atoms. The van der Waals surface area contributed by atoms with E-state index in [2.05, 4.69) is 20.4 Å². The number of ether oxygens (including phenoxy) is 2. The summed E-state index contributed by atoms with van der Waals surface area (Å²) in [7, 11) is 3.22. The molecule has 0 aliphatic rings. The van der Waals surface area contributed by atoms with Gasteiger partial charge in [0.05, 0.1) is 26.1 Å². The summed E-state index contributed by atoms with van der Waals surface area (Å²) in [6.07, 6.45) is 3.19. The molecule has 0 saturated carbocycles. The molecule has 0 N–H and O–H groups in total. The maximum atomic E-state index is 5.35. The molecule has 8 nitrogen and oxygen atoms in total. The lowest BCUT2D eigenvalue weighted by Crippen LogP contribution is -2.06. The van der Waals surface area contributed by atoms with Gasteiger partial charge < -0.3 is 9.47 Å². The number of benzene rings is 1. The molecule has 3 aromatic rings. The summed E-state index contributed by atoms with van der Waals surface area (Å²) < 4.78 is 13.8. The molecule has 124 valence electrons. The van der Waals surface area contributed by atoms with Crippen LogP contribution in [0.4, 0.5) is 0 Å². The van der Waals surface area contributed by atoms with E-state index in [-0.39, 0.29) is 0 Å². The third-order valence-electron chi connectivity index (χ3n) is 3.47. The smallest absolute Gasteiger partial charge is 0.273 e. The van der Waals surface area contributed by atoms with Crippen LogP contribution in [0.2, 0.25) is 0 Å². The number of hydrogen-bond acceptors (Lipinski definition) is 6. The molecule has 1 aromatic carbocycles. The normalized spacial score (nSPS) is 11.2. The molecule has 0 radical (unpaired) electrons. The predicted octanol–water partition coefficient (Wildman–Crippen LogP) is 1.98. The van der Waals surface area contributed by atoms with Crippen LogP contribution in [-0.2, 0) is 0 Å². The highest BCUT2D eigenvalue weighted by atomic mass is 16.5. The summed E-state index contributed by atoms with van der Waals surface area (Å²) >= 11 is 0. The lowest BCUT2D eigenvalue weighted by Gasteiger charge is -2.07. The second-order valence-corrected chi connectivity index (χ2v) is 5.17. The molecule has 0 saturated heterocycles. The first-order valence-corrected chi connectivity index (χ1v) is 7.32. The molecule has 0 aliphatic carbocycles. The van der Waals surface area contributed by atoms with Crippen molar-refractivity contribution in [1.29, 1.82) is 0 Å². The summed E-state index contributed by atoms with van der Waals surface area (Å²) in [5.74, 6) is 1.93. The van der Waals surface area contributed by atoms with Gasteiger partial charge in [-0.05, 0) is 38.1 Å². The number of aryl methyl sites for hydroxylation is 2. The number of methoxy groups -OCH3 is 2. The van der Waals surface area contributed by atoms with Crippen LogP contribution in [0, 0.1) is 13.8 Å². The molecular weight excluding hydrogens is 308 g/mol. The van der Waals surface area contributed by atoms with E-state index in [0.717, 1.165) is 22.7 Å². The van der Waals surface area contributed by atoms with Gasteiger partial charge in [-0.3, -0.25) is 0 Å². The third kappa shape index (κ3) is 2.98. The van der Waals surface area contributed by atoms with Crippen LogP contribution in [0.25, 0.3) is 5.95 Å². The minimum absolute atomic E-state index is 0.513. The average molecular weight is 326 g/mol. The molecule has 2 aromatic heterocycles. The summed E-state index contributed by atoms with van der Waals surface area (Å²) in [6.45, 7) is 3.88. The van der Waals surface area contributed by atoms with Crippen molar-refractivity contribution in [2.24, 2.45) is 5.10 Å². The van der Waals surface area contributed by atoms with Crippen molar-refractivity contribution in [3.8, 4) is 17.4 Å². The zero-order valence-electron chi connectivity index (χ0n) is 14.0. The number of hydrogen-bond donors (Lipinski definition) is 0. The molecule has 0 unspecified atom stereocenters. The Morgan fingerprint density at radius 2 is 1.96 bits per heavy atom. The predicted molar refractivity (Wildman–Crippen MR) is 89.2 cm³/mol. The van der Waals surface area contributed by atoms with Crippen LogP contribution in [-0.4, -0.2) is 45.1 Å². The Labute approximate surface area is 139 Å². The Balaban J connectivity index is 1.97. The van der Waals surface area contributed by atoms with Gasteiger partial charge in [-0.25, -0.2) is 4.68 Å². The number of aromatic nitrogens is 5. The summed E-state index contributed by atoms with van der Waals surface area (Å²) in [5, 5.41) is 16.8. The maximum absolute atomic E-state index is 5.35. The molecule has 0 bridgehead atoms. The first-order valence-electron chi connectivity index (χ1n) is 7.32. The third-order valence-corrected chi connectivity index (χ3v) is 3.47. The fourth-order valence-corrected chi connectivity index (χ4v) is 2.34. The van der Waals surface area contributed by atoms with Gasteiger partial charge in [0.25, 0.3) is 5.95 Å². The minimum Gasteiger partial charge on any atom is -0.497 e. The van der Waals surface area contributed by atoms with Crippen molar-refractivity contribution < 1.29 is 9.47 Å². The molecule has 24 heavy (non-hydrogen) atoms. The highest BCUT2D eigenvalue weighted by Crippen LogP contribution is 2.22. The molecule has 2 heterocycles. The zero-order chi connectivity index (χ0) is 17.1. The molecule has 0 aliphatic heterocycles. The highest BCUT2D eigenvalue weighted by molar-refractivity contribution is 5.84. The van der Waals surface area contributed by atoms with Gasteiger partial charge in [0.1, 0.15) is 17.8 Å². The quantitative estimate of drug-likeness (QED) is 0.670. The topological polar surface area (TPSA) is 79.4 Å². The first kappa shape index (κ1) is 15.7. The summed E-state index contributed by atoms with van der Waals surface area (Å²) in [4.78, 5) is 0. The second kappa shape index (κ2) is 6.53. The molecule has 0 atom stereocenters. The van der Waals surface area contributed by atoms with E-state index >= 15 is 0 Å². The Morgan fingerprint density at radius 3 is 2.62 bits per heavy atom. The highest BCUT2D eigenvalue weighted by Gasteiger charge is 2.10. The van der Waals surface area contributed by atoms with E-state index in [4.69, 9.17) is 9.47 Å². The van der Waals surface area contributed by atoms with Crippen LogP contribution in [0.5, 0.6) is 11.5 Å². The van der Waals surface area contributed by atoms with Crippen LogP contribution in [0.3, 0.4) is 0 Å². The van der Waals surface area contributed by atoms with Crippen LogP contribution in [0.1, 0.15) is 17.0 Å². The molecule has 3 rings (SSSR count). The Hall–Kier alpha value is -3.16. The van der Waals surface area contributed by atoms with E-state index in [9.17, 15) is 0 Å². The van der Waals surface area contributed by atoms with E-state index < -0.39 is 0 Å². The van der Waals surface area contributed by atoms with Crippen molar-refractivity contribution in [3.05, 3.63) is 47.5 Å². The first-order chi connectivity index (χ1) is 11.6. The van der Waals surface area contributed by atoms with E-state index in [1.165, 1.54) is 6.33 Å². The standard InChI is InChI=1S/C16H18N6O2/c1-11-7-12(2)22(20-11)16-19-17-10-21(16)18-9-13-8-14(23-3)5-6-15(13)24-4/h5-10H,1-4H3. The van der Waals surface area contributed by atoms with Gasteiger partial charge in [0, 0.05) is 11.3 Å². The Bertz CT molecular complexity index is 881. The average Bonchev–Trinajstić information content (AvgIpc) is 3.18. The molecule has 0 amide bonds. The molecular formula is C16H18N6O2.